The van der Waals surface area contributed by atoms with Gasteiger partial charge in [0.25, 0.3) is 0 Å². The third kappa shape index (κ3) is 2.36. The Labute approximate surface area is 78.4 Å². The van der Waals surface area contributed by atoms with Crippen LogP contribution in [0.2, 0.25) is 0 Å². The highest BCUT2D eigenvalue weighted by Gasteiger charge is 1.97. The van der Waals surface area contributed by atoms with Crippen LogP contribution < -0.4 is 4.84 Å². The fraction of sp³-hybridized carbons (Fsp3) is 0.143. The van der Waals surface area contributed by atoms with E-state index >= 15 is 0 Å². The molecule has 0 aliphatic carbocycles. The molecule has 0 fully saturated rings. The first kappa shape index (κ1) is 8.84. The number of phenols is 1. The average molecular weight is 236 g/mol. The Morgan fingerprint density at radius 3 is 2.82 bits per heavy atom. The molecular weight excluding hydrogens is 229 g/mol. The number of rotatable bonds is 2. The molecule has 2 N–H and O–H groups in total. The first-order chi connectivity index (χ1) is 5.24. The summed E-state index contributed by atoms with van der Waals surface area (Å²) in [5.41, 5.74) is 0.945. The first-order valence-electron chi connectivity index (χ1n) is 3.05. The quantitative estimate of drug-likeness (QED) is 0.773. The smallest absolute Gasteiger partial charge is 0.130 e. The molecular formula is C7H7BrClNO. The molecule has 0 aliphatic heterocycles. The van der Waals surface area contributed by atoms with Gasteiger partial charge in [-0.3, -0.25) is 0 Å². The maximum atomic E-state index is 9.21. The van der Waals surface area contributed by atoms with Crippen molar-refractivity contribution in [2.45, 2.75) is 6.54 Å². The third-order valence-electron chi connectivity index (χ3n) is 1.28. The number of halogens is 2. The van der Waals surface area contributed by atoms with Crippen molar-refractivity contribution in [2.75, 3.05) is 0 Å². The molecule has 0 heterocycles. The van der Waals surface area contributed by atoms with E-state index in [1.165, 1.54) is 0 Å². The van der Waals surface area contributed by atoms with Gasteiger partial charge in [0.2, 0.25) is 0 Å². The van der Waals surface area contributed by atoms with Crippen molar-refractivity contribution in [1.82, 2.24) is 4.84 Å². The van der Waals surface area contributed by atoms with Crippen LogP contribution in [-0.4, -0.2) is 5.11 Å². The molecule has 0 aliphatic rings. The van der Waals surface area contributed by atoms with Crippen LogP contribution >= 0.6 is 27.7 Å². The monoisotopic (exact) mass is 235 g/mol. The topological polar surface area (TPSA) is 32.3 Å². The lowest BCUT2D eigenvalue weighted by Gasteiger charge is -2.00. The van der Waals surface area contributed by atoms with Crippen LogP contribution in [-0.2, 0) is 6.54 Å². The Bertz CT molecular complexity index is 254. The van der Waals surface area contributed by atoms with E-state index < -0.39 is 0 Å². The number of aromatic hydroxyl groups is 1. The number of phenolic OH excluding ortho intramolecular Hbond substituents is 1. The molecule has 0 aromatic heterocycles. The average Bonchev–Trinajstić information content (AvgIpc) is 1.98. The van der Waals surface area contributed by atoms with E-state index in [1.54, 1.807) is 12.1 Å². The van der Waals surface area contributed by atoms with E-state index in [2.05, 4.69) is 20.8 Å². The number of hydrogen-bond donors (Lipinski definition) is 2. The maximum Gasteiger partial charge on any atom is 0.130 e. The summed E-state index contributed by atoms with van der Waals surface area (Å²) in [5, 5.41) is 9.21. The lowest BCUT2D eigenvalue weighted by molar-refractivity contribution is 0.471. The predicted octanol–water partition coefficient (Wildman–Crippen LogP) is 2.40. The lowest BCUT2D eigenvalue weighted by Crippen LogP contribution is -1.97. The van der Waals surface area contributed by atoms with E-state index in [4.69, 9.17) is 11.8 Å². The summed E-state index contributed by atoms with van der Waals surface area (Å²) in [6.45, 7) is 0.544. The van der Waals surface area contributed by atoms with Gasteiger partial charge >= 0.3 is 0 Å². The van der Waals surface area contributed by atoms with Crippen LogP contribution in [0.3, 0.4) is 0 Å². The molecule has 0 amide bonds. The third-order valence-corrected chi connectivity index (χ3v) is 2.09. The van der Waals surface area contributed by atoms with Crippen molar-refractivity contribution in [3.05, 3.63) is 28.2 Å². The van der Waals surface area contributed by atoms with E-state index in [0.717, 1.165) is 5.56 Å². The van der Waals surface area contributed by atoms with Gasteiger partial charge in [0, 0.05) is 6.54 Å². The van der Waals surface area contributed by atoms with Gasteiger partial charge in [-0.15, -0.1) is 0 Å². The van der Waals surface area contributed by atoms with Gasteiger partial charge in [-0.25, -0.2) is 4.84 Å². The fourth-order valence-electron chi connectivity index (χ4n) is 0.745. The molecule has 0 spiro atoms. The van der Waals surface area contributed by atoms with Gasteiger partial charge in [0.05, 0.1) is 4.47 Å². The van der Waals surface area contributed by atoms with Crippen LogP contribution in [0.25, 0.3) is 0 Å². The molecule has 2 nitrogen and oxygen atoms in total. The van der Waals surface area contributed by atoms with Crippen LogP contribution in [0.1, 0.15) is 5.56 Å². The molecule has 11 heavy (non-hydrogen) atoms. The van der Waals surface area contributed by atoms with Crippen molar-refractivity contribution in [1.29, 1.82) is 0 Å². The van der Waals surface area contributed by atoms with Crippen molar-refractivity contribution in [3.8, 4) is 5.75 Å². The van der Waals surface area contributed by atoms with E-state index in [1.807, 2.05) is 6.07 Å². The molecule has 1 rings (SSSR count). The van der Waals surface area contributed by atoms with E-state index in [0.29, 0.717) is 11.0 Å². The van der Waals surface area contributed by atoms with Gasteiger partial charge in [0.15, 0.2) is 0 Å². The largest absolute Gasteiger partial charge is 0.507 e. The summed E-state index contributed by atoms with van der Waals surface area (Å²) in [5.74, 6) is 0.231. The van der Waals surface area contributed by atoms with Crippen molar-refractivity contribution in [2.24, 2.45) is 0 Å². The minimum atomic E-state index is 0.231. The summed E-state index contributed by atoms with van der Waals surface area (Å²) >= 11 is 8.46. The van der Waals surface area contributed by atoms with Gasteiger partial charge < -0.3 is 5.11 Å². The molecule has 1 aromatic rings. The Balaban J connectivity index is 2.86. The highest BCUT2D eigenvalue weighted by molar-refractivity contribution is 9.10. The van der Waals surface area contributed by atoms with Gasteiger partial charge in [0.1, 0.15) is 5.75 Å². The van der Waals surface area contributed by atoms with Gasteiger partial charge in [-0.05, 0) is 45.4 Å². The molecule has 4 heteroatoms. The van der Waals surface area contributed by atoms with Crippen LogP contribution in [0.4, 0.5) is 0 Å². The molecule has 0 radical (unpaired) electrons. The molecule has 0 saturated heterocycles. The van der Waals surface area contributed by atoms with Crippen LogP contribution in [0.15, 0.2) is 22.7 Å². The highest BCUT2D eigenvalue weighted by Crippen LogP contribution is 2.24. The normalized spacial score (nSPS) is 10.0. The summed E-state index contributed by atoms with van der Waals surface area (Å²) in [4.78, 5) is 2.48. The van der Waals surface area contributed by atoms with Crippen LogP contribution in [0.5, 0.6) is 5.75 Å². The van der Waals surface area contributed by atoms with Crippen molar-refractivity contribution in [3.63, 3.8) is 0 Å². The fourth-order valence-corrected chi connectivity index (χ4v) is 1.15. The zero-order valence-corrected chi connectivity index (χ0v) is 7.98. The van der Waals surface area contributed by atoms with E-state index in [-0.39, 0.29) is 5.75 Å². The van der Waals surface area contributed by atoms with E-state index in [9.17, 15) is 5.11 Å². The minimum Gasteiger partial charge on any atom is -0.507 e. The molecule has 0 saturated carbocycles. The Morgan fingerprint density at radius 1 is 1.55 bits per heavy atom. The second-order valence-corrected chi connectivity index (χ2v) is 3.22. The number of nitrogens with one attached hydrogen (secondary N) is 1. The predicted molar refractivity (Wildman–Crippen MR) is 48.5 cm³/mol. The molecule has 1 aromatic carbocycles. The standard InChI is InChI=1S/C7H7BrClNO/c8-6-2-1-5(4-10-9)3-7(6)11/h1-3,10-11H,4H2. The molecule has 0 atom stereocenters. The maximum absolute atomic E-state index is 9.21. The summed E-state index contributed by atoms with van der Waals surface area (Å²) in [6, 6.07) is 5.30. The van der Waals surface area contributed by atoms with Crippen molar-refractivity contribution >= 4 is 27.7 Å². The first-order valence-corrected chi connectivity index (χ1v) is 4.22. The molecule has 0 bridgehead atoms. The zero-order valence-electron chi connectivity index (χ0n) is 5.64. The Hall–Kier alpha value is -0.250. The minimum absolute atomic E-state index is 0.231. The van der Waals surface area contributed by atoms with Crippen LogP contribution in [0, 0.1) is 0 Å². The number of benzene rings is 1. The Morgan fingerprint density at radius 2 is 2.27 bits per heavy atom. The Kier molecular flexibility index (Phi) is 3.17. The summed E-state index contributed by atoms with van der Waals surface area (Å²) < 4.78 is 0.691. The highest BCUT2D eigenvalue weighted by atomic mass is 79.9. The lowest BCUT2D eigenvalue weighted by atomic mass is 10.2. The molecule has 0 unspecified atom stereocenters. The van der Waals surface area contributed by atoms with Crippen molar-refractivity contribution < 1.29 is 5.11 Å². The van der Waals surface area contributed by atoms with Gasteiger partial charge in [-0.1, -0.05) is 6.07 Å². The van der Waals surface area contributed by atoms with Gasteiger partial charge in [-0.2, -0.15) is 0 Å². The zero-order chi connectivity index (χ0) is 8.27. The summed E-state index contributed by atoms with van der Waals surface area (Å²) in [6.07, 6.45) is 0. The second kappa shape index (κ2) is 3.95. The SMILES string of the molecule is Oc1cc(CNCl)ccc1Br. The summed E-state index contributed by atoms with van der Waals surface area (Å²) in [7, 11) is 0. The second-order valence-electron chi connectivity index (χ2n) is 2.10. The number of hydrogen-bond acceptors (Lipinski definition) is 2. The molecule has 60 valence electrons.